The highest BCUT2D eigenvalue weighted by Crippen LogP contribution is 2.05. The van der Waals surface area contributed by atoms with Crippen molar-refractivity contribution in [1.82, 2.24) is 5.32 Å². The molecule has 0 radical (unpaired) electrons. The van der Waals surface area contributed by atoms with Gasteiger partial charge < -0.3 is 10.1 Å². The van der Waals surface area contributed by atoms with Gasteiger partial charge >= 0.3 is 5.97 Å². The number of esters is 1. The van der Waals surface area contributed by atoms with Gasteiger partial charge in [0.1, 0.15) is 0 Å². The van der Waals surface area contributed by atoms with Crippen LogP contribution in [0.3, 0.4) is 0 Å². The molecule has 1 N–H and O–H groups in total. The second kappa shape index (κ2) is 8.15. The predicted molar refractivity (Wildman–Crippen MR) is 79.1 cm³/mol. The number of amides is 1. The van der Waals surface area contributed by atoms with Gasteiger partial charge in [-0.25, -0.2) is 4.79 Å². The Bertz CT molecular complexity index is 477. The maximum atomic E-state index is 11.5. The minimum Gasteiger partial charge on any atom is -0.452 e. The van der Waals surface area contributed by atoms with Crippen molar-refractivity contribution in [1.29, 1.82) is 0 Å². The third-order valence-corrected chi connectivity index (χ3v) is 2.85. The number of benzene rings is 1. The summed E-state index contributed by atoms with van der Waals surface area (Å²) in [6.07, 6.45) is 3.82. The van der Waals surface area contributed by atoms with Gasteiger partial charge in [-0.05, 0) is 31.9 Å². The maximum Gasteiger partial charge on any atom is 0.331 e. The monoisotopic (exact) mass is 275 g/mol. The minimum atomic E-state index is -0.523. The molecule has 0 saturated carbocycles. The van der Waals surface area contributed by atoms with Crippen LogP contribution in [-0.2, 0) is 14.3 Å². The highest BCUT2D eigenvalue weighted by Gasteiger charge is 2.07. The average molecular weight is 275 g/mol. The lowest BCUT2D eigenvalue weighted by Crippen LogP contribution is -2.35. The molecule has 1 atom stereocenters. The fourth-order valence-electron chi connectivity index (χ4n) is 1.45. The zero-order chi connectivity index (χ0) is 15.0. The highest BCUT2D eigenvalue weighted by atomic mass is 16.5. The van der Waals surface area contributed by atoms with Crippen molar-refractivity contribution in [3.8, 4) is 0 Å². The Kier molecular flexibility index (Phi) is 6.50. The number of hydrogen-bond donors (Lipinski definition) is 1. The fraction of sp³-hybridized carbons (Fsp3) is 0.375. The zero-order valence-corrected chi connectivity index (χ0v) is 12.2. The van der Waals surface area contributed by atoms with E-state index in [4.69, 9.17) is 4.74 Å². The van der Waals surface area contributed by atoms with Crippen LogP contribution >= 0.6 is 0 Å². The van der Waals surface area contributed by atoms with E-state index in [-0.39, 0.29) is 18.6 Å². The molecule has 0 fully saturated rings. The summed E-state index contributed by atoms with van der Waals surface area (Å²) >= 11 is 0. The predicted octanol–water partition coefficient (Wildman–Crippen LogP) is 2.47. The van der Waals surface area contributed by atoms with Crippen LogP contribution in [0.25, 0.3) is 6.08 Å². The Morgan fingerprint density at radius 1 is 1.30 bits per heavy atom. The number of hydrogen-bond acceptors (Lipinski definition) is 3. The first kappa shape index (κ1) is 16.0. The molecule has 1 aromatic carbocycles. The quantitative estimate of drug-likeness (QED) is 0.641. The van der Waals surface area contributed by atoms with Crippen LogP contribution in [0.2, 0.25) is 0 Å². The topological polar surface area (TPSA) is 55.4 Å². The van der Waals surface area contributed by atoms with Gasteiger partial charge in [0.25, 0.3) is 5.91 Å². The van der Waals surface area contributed by atoms with Gasteiger partial charge in [-0.15, -0.1) is 0 Å². The smallest absolute Gasteiger partial charge is 0.331 e. The number of carbonyl (C=O) groups is 2. The van der Waals surface area contributed by atoms with Crippen molar-refractivity contribution in [3.05, 3.63) is 41.5 Å². The molecule has 1 rings (SSSR count). The molecule has 0 aliphatic rings. The summed E-state index contributed by atoms with van der Waals surface area (Å²) in [5, 5.41) is 2.72. The normalized spacial score (nSPS) is 12.2. The molecule has 4 heteroatoms. The zero-order valence-electron chi connectivity index (χ0n) is 12.2. The van der Waals surface area contributed by atoms with Crippen LogP contribution in [0, 0.1) is 6.92 Å². The first-order chi connectivity index (χ1) is 9.51. The molecule has 20 heavy (non-hydrogen) atoms. The lowest BCUT2D eigenvalue weighted by Gasteiger charge is -2.10. The van der Waals surface area contributed by atoms with Crippen LogP contribution in [-0.4, -0.2) is 24.5 Å². The van der Waals surface area contributed by atoms with Crippen molar-refractivity contribution < 1.29 is 14.3 Å². The Hall–Kier alpha value is -2.10. The molecular weight excluding hydrogens is 254 g/mol. The van der Waals surface area contributed by atoms with Crippen molar-refractivity contribution in [2.75, 3.05) is 6.61 Å². The standard InChI is InChI=1S/C16H21NO3/c1-4-13(3)17-15(18)11-20-16(19)10-9-14-7-5-12(2)6-8-14/h5-10,13H,4,11H2,1-3H3,(H,17,18). The van der Waals surface area contributed by atoms with Crippen LogP contribution < -0.4 is 5.32 Å². The fourth-order valence-corrected chi connectivity index (χ4v) is 1.45. The number of aryl methyl sites for hydroxylation is 1. The average Bonchev–Trinajstić information content (AvgIpc) is 2.44. The molecule has 0 aliphatic carbocycles. The third-order valence-electron chi connectivity index (χ3n) is 2.85. The van der Waals surface area contributed by atoms with Crippen molar-refractivity contribution >= 4 is 18.0 Å². The molecule has 4 nitrogen and oxygen atoms in total. The summed E-state index contributed by atoms with van der Waals surface area (Å²) in [6, 6.07) is 7.84. The SMILES string of the molecule is CCC(C)NC(=O)COC(=O)C=Cc1ccc(C)cc1. The summed E-state index contributed by atoms with van der Waals surface area (Å²) in [7, 11) is 0. The molecular formula is C16H21NO3. The summed E-state index contributed by atoms with van der Waals surface area (Å²) in [5.41, 5.74) is 2.07. The first-order valence-electron chi connectivity index (χ1n) is 6.72. The van der Waals surface area contributed by atoms with E-state index in [9.17, 15) is 9.59 Å². The summed E-state index contributed by atoms with van der Waals surface area (Å²) in [6.45, 7) is 5.62. The van der Waals surface area contributed by atoms with E-state index < -0.39 is 5.97 Å². The van der Waals surface area contributed by atoms with Gasteiger partial charge in [0.15, 0.2) is 6.61 Å². The van der Waals surface area contributed by atoms with Crippen molar-refractivity contribution in [2.24, 2.45) is 0 Å². The Balaban J connectivity index is 2.36. The molecule has 0 saturated heterocycles. The second-order valence-electron chi connectivity index (χ2n) is 4.73. The van der Waals surface area contributed by atoms with Gasteiger partial charge in [-0.2, -0.15) is 0 Å². The van der Waals surface area contributed by atoms with E-state index in [0.29, 0.717) is 0 Å². The van der Waals surface area contributed by atoms with E-state index in [1.54, 1.807) is 6.08 Å². The van der Waals surface area contributed by atoms with Gasteiger partial charge in [-0.3, -0.25) is 4.79 Å². The molecule has 0 bridgehead atoms. The van der Waals surface area contributed by atoms with E-state index in [1.807, 2.05) is 45.0 Å². The number of nitrogens with one attached hydrogen (secondary N) is 1. The van der Waals surface area contributed by atoms with E-state index in [2.05, 4.69) is 5.32 Å². The molecule has 0 aromatic heterocycles. The van der Waals surface area contributed by atoms with Crippen LogP contribution in [0.15, 0.2) is 30.3 Å². The van der Waals surface area contributed by atoms with E-state index in [0.717, 1.165) is 17.5 Å². The molecule has 0 heterocycles. The number of carbonyl (C=O) groups excluding carboxylic acids is 2. The maximum absolute atomic E-state index is 11.5. The van der Waals surface area contributed by atoms with Crippen LogP contribution in [0.5, 0.6) is 0 Å². The van der Waals surface area contributed by atoms with E-state index >= 15 is 0 Å². The lowest BCUT2D eigenvalue weighted by molar-refractivity contribution is -0.144. The largest absolute Gasteiger partial charge is 0.452 e. The Morgan fingerprint density at radius 2 is 1.95 bits per heavy atom. The Morgan fingerprint density at radius 3 is 2.55 bits per heavy atom. The second-order valence-corrected chi connectivity index (χ2v) is 4.73. The summed E-state index contributed by atoms with van der Waals surface area (Å²) in [5.74, 6) is -0.804. The molecule has 0 spiro atoms. The molecule has 108 valence electrons. The summed E-state index contributed by atoms with van der Waals surface area (Å²) in [4.78, 5) is 22.9. The molecule has 1 aromatic rings. The Labute approximate surface area is 119 Å². The van der Waals surface area contributed by atoms with Gasteiger partial charge in [-0.1, -0.05) is 36.8 Å². The van der Waals surface area contributed by atoms with E-state index in [1.165, 1.54) is 6.08 Å². The lowest BCUT2D eigenvalue weighted by atomic mass is 10.1. The van der Waals surface area contributed by atoms with Crippen molar-refractivity contribution in [2.45, 2.75) is 33.2 Å². The first-order valence-corrected chi connectivity index (χ1v) is 6.72. The minimum absolute atomic E-state index is 0.0873. The van der Waals surface area contributed by atoms with Gasteiger partial charge in [0.2, 0.25) is 0 Å². The van der Waals surface area contributed by atoms with Gasteiger partial charge in [0, 0.05) is 12.1 Å². The molecule has 1 unspecified atom stereocenters. The molecule has 0 aliphatic heterocycles. The van der Waals surface area contributed by atoms with Crippen LogP contribution in [0.4, 0.5) is 0 Å². The number of ether oxygens (including phenoxy) is 1. The van der Waals surface area contributed by atoms with Crippen molar-refractivity contribution in [3.63, 3.8) is 0 Å². The number of rotatable bonds is 6. The third kappa shape index (κ3) is 6.18. The van der Waals surface area contributed by atoms with Gasteiger partial charge in [0.05, 0.1) is 0 Å². The van der Waals surface area contributed by atoms with Crippen LogP contribution in [0.1, 0.15) is 31.4 Å². The molecule has 1 amide bonds. The summed E-state index contributed by atoms with van der Waals surface area (Å²) < 4.78 is 4.86. The highest BCUT2D eigenvalue weighted by molar-refractivity contribution is 5.89.